The fourth-order valence-electron chi connectivity index (χ4n) is 9.39. The van der Waals surface area contributed by atoms with Crippen LogP contribution >= 0.6 is 34.3 Å². The summed E-state index contributed by atoms with van der Waals surface area (Å²) in [4.78, 5) is 57.0. The topological polar surface area (TPSA) is 193 Å². The van der Waals surface area contributed by atoms with Gasteiger partial charge in [0.05, 0.1) is 34.3 Å². The number of nitrogens with zero attached hydrogens (tertiary/aromatic N) is 8. The maximum atomic E-state index is 14.2. The minimum Gasteiger partial charge on any atom is -0.474 e. The van der Waals surface area contributed by atoms with Crippen molar-refractivity contribution < 1.29 is 28.8 Å². The number of thiophene rings is 1. The molecule has 3 aliphatic heterocycles. The Morgan fingerprint density at radius 1 is 1.01 bits per heavy atom. The Balaban J connectivity index is 0.776. The van der Waals surface area contributed by atoms with E-state index < -0.39 is 24.1 Å². The summed E-state index contributed by atoms with van der Waals surface area (Å²) in [6.07, 6.45) is 0.181. The molecular weight excluding hydrogens is 924 g/mol. The number of carbonyl (C=O) groups excluding carboxylic acids is 3. The third-order valence-electron chi connectivity index (χ3n) is 13.1. The molecule has 0 unspecified atom stereocenters. The van der Waals surface area contributed by atoms with Crippen LogP contribution in [0.5, 0.6) is 5.88 Å². The maximum Gasteiger partial charge on any atom is 0.254 e. The molecule has 6 aromatic rings. The van der Waals surface area contributed by atoms with E-state index in [0.29, 0.717) is 36.3 Å². The molecule has 3 amide bonds. The maximum absolute atomic E-state index is 14.2. The molecule has 7 heterocycles. The number of nitrogens with one attached hydrogen (secondary N) is 2. The van der Waals surface area contributed by atoms with Crippen molar-refractivity contribution in [2.24, 2.45) is 10.9 Å². The van der Waals surface area contributed by atoms with Crippen molar-refractivity contribution >= 4 is 57.7 Å². The van der Waals surface area contributed by atoms with Crippen LogP contribution in [0, 0.1) is 33.6 Å². The Kier molecular flexibility index (Phi) is 13.9. The second-order valence-corrected chi connectivity index (χ2v) is 20.7. The molecule has 0 aliphatic carbocycles. The minimum atomic E-state index is -0.836. The number of fused-ring (bicyclic) bond motifs is 3. The van der Waals surface area contributed by atoms with E-state index in [1.807, 2.05) is 86.3 Å². The van der Waals surface area contributed by atoms with Crippen molar-refractivity contribution in [2.75, 3.05) is 32.8 Å². The summed E-state index contributed by atoms with van der Waals surface area (Å²) in [5.41, 5.74) is 8.63. The molecule has 356 valence electrons. The van der Waals surface area contributed by atoms with Gasteiger partial charge in [0.15, 0.2) is 11.6 Å². The number of aliphatic imine (C=N–C) groups is 1. The molecule has 4 aromatic heterocycles. The molecule has 19 heteroatoms. The lowest BCUT2D eigenvalue weighted by Crippen LogP contribution is -2.48. The number of ether oxygens (including phenoxy) is 1. The van der Waals surface area contributed by atoms with Gasteiger partial charge in [0.1, 0.15) is 35.4 Å². The first-order chi connectivity index (χ1) is 32.7. The van der Waals surface area contributed by atoms with Crippen LogP contribution in [-0.2, 0) is 20.9 Å². The second-order valence-electron chi connectivity index (χ2n) is 18.2. The van der Waals surface area contributed by atoms with Crippen molar-refractivity contribution in [1.82, 2.24) is 45.3 Å². The Morgan fingerprint density at radius 2 is 1.78 bits per heavy atom. The van der Waals surface area contributed by atoms with E-state index in [-0.39, 0.29) is 61.5 Å². The van der Waals surface area contributed by atoms with Crippen LogP contribution < -0.4 is 15.4 Å². The third kappa shape index (κ3) is 9.87. The highest BCUT2D eigenvalue weighted by Crippen LogP contribution is 2.40. The molecule has 9 rings (SSSR count). The van der Waals surface area contributed by atoms with Crippen molar-refractivity contribution in [3.05, 3.63) is 115 Å². The highest BCUT2D eigenvalue weighted by atomic mass is 35.5. The van der Waals surface area contributed by atoms with Gasteiger partial charge in [-0.3, -0.25) is 28.8 Å². The summed E-state index contributed by atoms with van der Waals surface area (Å²) in [7, 11) is 0. The number of aliphatic hydroxyl groups is 1. The molecule has 0 saturated carbocycles. The lowest BCUT2D eigenvalue weighted by Gasteiger charge is -2.28. The van der Waals surface area contributed by atoms with Gasteiger partial charge < -0.3 is 29.9 Å². The van der Waals surface area contributed by atoms with E-state index in [2.05, 4.69) is 49.7 Å². The van der Waals surface area contributed by atoms with Gasteiger partial charge in [-0.2, -0.15) is 0 Å². The fourth-order valence-corrected chi connectivity index (χ4v) is 11.5. The Bertz CT molecular complexity index is 2830. The summed E-state index contributed by atoms with van der Waals surface area (Å²) in [5, 5.41) is 31.6. The molecular formula is C49H55ClN10O6S2. The second kappa shape index (κ2) is 20.0. The molecule has 2 saturated heterocycles. The smallest absolute Gasteiger partial charge is 0.254 e. The number of aromatic nitrogens is 5. The number of thiazole rings is 1. The van der Waals surface area contributed by atoms with Crippen LogP contribution in [0.4, 0.5) is 0 Å². The summed E-state index contributed by atoms with van der Waals surface area (Å²) in [5.74, 6) is 0.227. The van der Waals surface area contributed by atoms with Gasteiger partial charge in [-0.25, -0.2) is 4.98 Å². The van der Waals surface area contributed by atoms with Crippen LogP contribution in [0.1, 0.15) is 95.3 Å². The van der Waals surface area contributed by atoms with Crippen LogP contribution in [-0.4, -0.2) is 114 Å². The summed E-state index contributed by atoms with van der Waals surface area (Å²) < 4.78 is 13.8. The molecule has 0 radical (unpaired) electrons. The zero-order valence-corrected chi connectivity index (χ0v) is 41.3. The predicted molar refractivity (Wildman–Crippen MR) is 261 cm³/mol. The molecule has 68 heavy (non-hydrogen) atoms. The number of amides is 3. The average Bonchev–Trinajstić information content (AvgIpc) is 4.19. The highest BCUT2D eigenvalue weighted by Gasteiger charge is 2.43. The quantitative estimate of drug-likeness (QED) is 0.0970. The number of likely N-dealkylation sites (tertiary alicyclic amines) is 2. The average molecular weight is 980 g/mol. The van der Waals surface area contributed by atoms with Crippen molar-refractivity contribution in [1.29, 1.82) is 0 Å². The summed E-state index contributed by atoms with van der Waals surface area (Å²) >= 11 is 9.53. The molecule has 2 aromatic carbocycles. The van der Waals surface area contributed by atoms with Gasteiger partial charge in [0, 0.05) is 72.3 Å². The number of carbonyl (C=O) groups is 3. The number of β-amino-alcohol motifs (C(OH)–C–C–N with tert-alkyl or cyclic N) is 1. The van der Waals surface area contributed by atoms with E-state index in [9.17, 15) is 19.5 Å². The van der Waals surface area contributed by atoms with Crippen molar-refractivity contribution in [2.45, 2.75) is 97.5 Å². The third-order valence-corrected chi connectivity index (χ3v) is 15.5. The highest BCUT2D eigenvalue weighted by molar-refractivity contribution is 7.15. The van der Waals surface area contributed by atoms with Gasteiger partial charge in [0.25, 0.3) is 5.88 Å². The standard InChI is InChI=1S/C49H55ClN10O6S2/c1-26(2)42(48(64)59-24-36(61)19-38(59)47(63)51-22-31-7-9-33(10-8-31)45-28(4)52-25-67-45)39-21-41(57-66-39)65-18-17-58-16-15-35(23-58)53-40(62)20-37-46-56-55-30(6)60(46)49-43(27(3)29(5)68-49)44(54-37)32-11-13-34(50)14-12-32/h7-14,21,25-26,35-38,42,61H,15-20,22-24H2,1-6H3,(H,51,63)(H,53,62)/t35-,36+,37-,38-,42+/m0/s1. The Hall–Kier alpha value is -5.79. The number of aryl methyl sites for hydroxylation is 3. The first-order valence-corrected chi connectivity index (χ1v) is 25.0. The molecule has 3 N–H and O–H groups in total. The molecule has 0 bridgehead atoms. The van der Waals surface area contributed by atoms with Crippen LogP contribution in [0.3, 0.4) is 0 Å². The van der Waals surface area contributed by atoms with E-state index >= 15 is 0 Å². The SMILES string of the molecule is Cc1ncsc1-c1ccc(CNC(=O)[C@@H]2C[C@@H](O)CN2C(=O)[C@@H](c2cc(OCCN3CC[C@H](NC(=O)C[C@@H]4N=C(c5ccc(Cl)cc5)c5c(sc(C)c5C)-n5c(C)nnc54)C3)no2)C(C)C)cc1. The number of aliphatic hydroxyl groups excluding tert-OH is 1. The van der Waals surface area contributed by atoms with Crippen LogP contribution in [0.2, 0.25) is 5.02 Å². The van der Waals surface area contributed by atoms with Crippen LogP contribution in [0.15, 0.2) is 69.6 Å². The molecule has 2 fully saturated rings. The van der Waals surface area contributed by atoms with Crippen molar-refractivity contribution in [3.8, 4) is 21.3 Å². The summed E-state index contributed by atoms with van der Waals surface area (Å²) in [6.45, 7) is 14.5. The van der Waals surface area contributed by atoms with Gasteiger partial charge in [-0.1, -0.05) is 61.8 Å². The number of hydrogen-bond acceptors (Lipinski definition) is 14. The number of halogens is 1. The summed E-state index contributed by atoms with van der Waals surface area (Å²) in [6, 6.07) is 15.8. The van der Waals surface area contributed by atoms with E-state index in [1.165, 1.54) is 9.78 Å². The monoisotopic (exact) mass is 978 g/mol. The lowest BCUT2D eigenvalue weighted by molar-refractivity contribution is -0.141. The first kappa shape index (κ1) is 47.3. The van der Waals surface area contributed by atoms with E-state index in [4.69, 9.17) is 25.9 Å². The van der Waals surface area contributed by atoms with Gasteiger partial charge >= 0.3 is 0 Å². The molecule has 3 aliphatic rings. The fraction of sp³-hybridized carbons (Fsp3) is 0.429. The Morgan fingerprint density at radius 3 is 2.51 bits per heavy atom. The van der Waals surface area contributed by atoms with E-state index in [1.54, 1.807) is 28.7 Å². The lowest BCUT2D eigenvalue weighted by atomic mass is 9.91. The van der Waals surface area contributed by atoms with Gasteiger partial charge in [-0.15, -0.1) is 32.9 Å². The molecule has 0 spiro atoms. The normalized spacial score (nSPS) is 19.7. The number of hydrogen-bond donors (Lipinski definition) is 3. The first-order valence-electron chi connectivity index (χ1n) is 23.0. The van der Waals surface area contributed by atoms with E-state index in [0.717, 1.165) is 67.9 Å². The predicted octanol–water partition coefficient (Wildman–Crippen LogP) is 6.90. The van der Waals surface area contributed by atoms with Crippen LogP contribution in [0.25, 0.3) is 15.4 Å². The molecule has 16 nitrogen and oxygen atoms in total. The largest absolute Gasteiger partial charge is 0.474 e. The minimum absolute atomic E-state index is 0.0375. The molecule has 5 atom stereocenters. The zero-order valence-electron chi connectivity index (χ0n) is 38.9. The zero-order chi connectivity index (χ0) is 47.8. The number of benzene rings is 2. The van der Waals surface area contributed by atoms with Gasteiger partial charge in [-0.05, 0) is 74.0 Å². The number of rotatable bonds is 15. The van der Waals surface area contributed by atoms with Crippen molar-refractivity contribution in [3.63, 3.8) is 0 Å². The van der Waals surface area contributed by atoms with Gasteiger partial charge in [0.2, 0.25) is 17.7 Å². The Labute approximate surface area is 407 Å².